The molecule has 0 radical (unpaired) electrons. The van der Waals surface area contributed by atoms with E-state index in [1.54, 1.807) is 0 Å². The van der Waals surface area contributed by atoms with Crippen LogP contribution in [-0.2, 0) is 0 Å². The molecule has 0 aliphatic heterocycles. The number of halogens is 2. The normalized spacial score (nSPS) is 13.0. The third-order valence-corrected chi connectivity index (χ3v) is 1.85. The van der Waals surface area contributed by atoms with Crippen LogP contribution in [0.3, 0.4) is 0 Å². The first kappa shape index (κ1) is 8.62. The molecule has 0 spiro atoms. The van der Waals surface area contributed by atoms with Crippen LogP contribution in [0.1, 0.15) is 11.8 Å². The molecule has 11 heavy (non-hydrogen) atoms. The molecule has 1 heterocycles. The molecule has 60 valence electrons. The first-order chi connectivity index (χ1) is 5.24. The maximum Gasteiger partial charge on any atom is 0.141 e. The number of nitrogens with zero attached hydrogens (tertiary/aromatic N) is 1. The van der Waals surface area contributed by atoms with E-state index in [1.807, 2.05) is 0 Å². The molecule has 1 aromatic heterocycles. The van der Waals surface area contributed by atoms with Gasteiger partial charge in [0.15, 0.2) is 0 Å². The van der Waals surface area contributed by atoms with Crippen LogP contribution in [0.4, 0.5) is 4.39 Å². The van der Waals surface area contributed by atoms with E-state index in [9.17, 15) is 9.50 Å². The summed E-state index contributed by atoms with van der Waals surface area (Å²) >= 11 is 3.09. The predicted octanol–water partition coefficient (Wildman–Crippen LogP) is 1.65. The number of alkyl halides is 1. The molecule has 0 aromatic carbocycles. The van der Waals surface area contributed by atoms with Crippen LogP contribution < -0.4 is 0 Å². The van der Waals surface area contributed by atoms with Gasteiger partial charge < -0.3 is 5.11 Å². The molecule has 2 nitrogen and oxygen atoms in total. The summed E-state index contributed by atoms with van der Waals surface area (Å²) in [5.74, 6) is -0.393. The molecular weight excluding hydrogens is 213 g/mol. The summed E-state index contributed by atoms with van der Waals surface area (Å²) in [6.07, 6.45) is 0.428. The van der Waals surface area contributed by atoms with Crippen molar-refractivity contribution >= 4 is 15.9 Å². The van der Waals surface area contributed by atoms with Crippen molar-refractivity contribution in [3.05, 3.63) is 29.8 Å². The van der Waals surface area contributed by atoms with Crippen molar-refractivity contribution in [3.63, 3.8) is 0 Å². The fraction of sp³-hybridized carbons (Fsp3) is 0.286. The van der Waals surface area contributed by atoms with E-state index in [0.717, 1.165) is 6.20 Å². The van der Waals surface area contributed by atoms with Gasteiger partial charge in [0, 0.05) is 5.33 Å². The summed E-state index contributed by atoms with van der Waals surface area (Å²) in [6.45, 7) is 0. The van der Waals surface area contributed by atoms with Gasteiger partial charge in [0.2, 0.25) is 0 Å². The molecule has 0 saturated carbocycles. The van der Waals surface area contributed by atoms with Gasteiger partial charge in [-0.15, -0.1) is 0 Å². The first-order valence-electron chi connectivity index (χ1n) is 3.09. The van der Waals surface area contributed by atoms with E-state index in [2.05, 4.69) is 20.9 Å². The highest BCUT2D eigenvalue weighted by molar-refractivity contribution is 9.09. The predicted molar refractivity (Wildman–Crippen MR) is 42.9 cm³/mol. The molecule has 1 rings (SSSR count). The lowest BCUT2D eigenvalue weighted by Crippen LogP contribution is -2.00. The summed E-state index contributed by atoms with van der Waals surface area (Å²) in [7, 11) is 0. The van der Waals surface area contributed by atoms with E-state index in [1.165, 1.54) is 12.1 Å². The highest BCUT2D eigenvalue weighted by Gasteiger charge is 2.05. The van der Waals surface area contributed by atoms with E-state index < -0.39 is 11.9 Å². The minimum atomic E-state index is -0.657. The quantitative estimate of drug-likeness (QED) is 0.768. The Labute approximate surface area is 72.2 Å². The Balaban J connectivity index is 2.81. The van der Waals surface area contributed by atoms with Gasteiger partial charge in [-0.2, -0.15) is 0 Å². The van der Waals surface area contributed by atoms with Crippen LogP contribution >= 0.6 is 15.9 Å². The molecule has 0 saturated heterocycles. The monoisotopic (exact) mass is 219 g/mol. The fourth-order valence-electron chi connectivity index (χ4n) is 0.663. The number of aromatic nitrogens is 1. The Bertz CT molecular complexity index is 226. The van der Waals surface area contributed by atoms with Crippen LogP contribution in [0.2, 0.25) is 0 Å². The average molecular weight is 220 g/mol. The zero-order valence-electron chi connectivity index (χ0n) is 5.67. The van der Waals surface area contributed by atoms with Crippen molar-refractivity contribution in [2.75, 3.05) is 5.33 Å². The maximum absolute atomic E-state index is 12.3. The molecule has 1 atom stereocenters. The number of pyridine rings is 1. The molecule has 0 bridgehead atoms. The van der Waals surface area contributed by atoms with Crippen LogP contribution in [-0.4, -0.2) is 15.4 Å². The topological polar surface area (TPSA) is 33.1 Å². The summed E-state index contributed by atoms with van der Waals surface area (Å²) in [6, 6.07) is 2.73. The molecule has 0 unspecified atom stereocenters. The van der Waals surface area contributed by atoms with E-state index in [4.69, 9.17) is 0 Å². The maximum atomic E-state index is 12.3. The Morgan fingerprint density at radius 2 is 2.36 bits per heavy atom. The number of hydrogen-bond acceptors (Lipinski definition) is 2. The highest BCUT2D eigenvalue weighted by atomic mass is 79.9. The molecule has 4 heteroatoms. The SMILES string of the molecule is O[C@H](CBr)c1ccc(F)cn1. The van der Waals surface area contributed by atoms with Crippen molar-refractivity contribution in [1.29, 1.82) is 0 Å². The number of hydrogen-bond donors (Lipinski definition) is 1. The Morgan fingerprint density at radius 1 is 1.64 bits per heavy atom. The second-order valence-electron chi connectivity index (χ2n) is 2.07. The summed E-state index contributed by atoms with van der Waals surface area (Å²) < 4.78 is 12.3. The van der Waals surface area contributed by atoms with Crippen LogP contribution in [0.25, 0.3) is 0 Å². The molecule has 1 aromatic rings. The summed E-state index contributed by atoms with van der Waals surface area (Å²) in [4.78, 5) is 3.69. The Morgan fingerprint density at radius 3 is 2.82 bits per heavy atom. The van der Waals surface area contributed by atoms with Crippen molar-refractivity contribution in [1.82, 2.24) is 4.98 Å². The lowest BCUT2D eigenvalue weighted by atomic mass is 10.2. The van der Waals surface area contributed by atoms with E-state index >= 15 is 0 Å². The van der Waals surface area contributed by atoms with Crippen LogP contribution in [0, 0.1) is 5.82 Å². The minimum absolute atomic E-state index is 0.393. The van der Waals surface area contributed by atoms with Gasteiger partial charge in [-0.1, -0.05) is 15.9 Å². The van der Waals surface area contributed by atoms with Crippen molar-refractivity contribution < 1.29 is 9.50 Å². The third kappa shape index (κ3) is 2.24. The second kappa shape index (κ2) is 3.78. The second-order valence-corrected chi connectivity index (χ2v) is 2.72. The molecule has 0 aliphatic rings. The van der Waals surface area contributed by atoms with Crippen LogP contribution in [0.5, 0.6) is 0 Å². The van der Waals surface area contributed by atoms with Crippen molar-refractivity contribution in [2.24, 2.45) is 0 Å². The van der Waals surface area contributed by atoms with Gasteiger partial charge in [-0.3, -0.25) is 4.98 Å². The van der Waals surface area contributed by atoms with Gasteiger partial charge in [0.1, 0.15) is 11.9 Å². The molecule has 0 aliphatic carbocycles. The standard InChI is InChI=1S/C7H7BrFNO/c8-3-7(11)6-2-1-5(9)4-10-6/h1-2,4,7,11H,3H2/t7-/m1/s1. The van der Waals surface area contributed by atoms with Gasteiger partial charge in [-0.25, -0.2) is 4.39 Å². The van der Waals surface area contributed by atoms with E-state index in [-0.39, 0.29) is 0 Å². The Hall–Kier alpha value is -0.480. The lowest BCUT2D eigenvalue weighted by molar-refractivity contribution is 0.200. The summed E-state index contributed by atoms with van der Waals surface area (Å²) in [5.41, 5.74) is 0.475. The van der Waals surface area contributed by atoms with Crippen molar-refractivity contribution in [3.8, 4) is 0 Å². The smallest absolute Gasteiger partial charge is 0.141 e. The molecular formula is C7H7BrFNO. The first-order valence-corrected chi connectivity index (χ1v) is 4.21. The van der Waals surface area contributed by atoms with Gasteiger partial charge >= 0.3 is 0 Å². The number of aliphatic hydroxyl groups excluding tert-OH is 1. The minimum Gasteiger partial charge on any atom is -0.386 e. The average Bonchev–Trinajstić information content (AvgIpc) is 2.05. The molecule has 1 N–H and O–H groups in total. The third-order valence-electron chi connectivity index (χ3n) is 1.24. The molecule has 0 amide bonds. The zero-order chi connectivity index (χ0) is 8.27. The van der Waals surface area contributed by atoms with Gasteiger partial charge in [0.05, 0.1) is 11.9 Å². The van der Waals surface area contributed by atoms with E-state index in [0.29, 0.717) is 11.0 Å². The highest BCUT2D eigenvalue weighted by Crippen LogP contribution is 2.11. The van der Waals surface area contributed by atoms with Crippen molar-refractivity contribution in [2.45, 2.75) is 6.10 Å². The number of aliphatic hydroxyl groups is 1. The van der Waals surface area contributed by atoms with Crippen LogP contribution in [0.15, 0.2) is 18.3 Å². The number of rotatable bonds is 2. The van der Waals surface area contributed by atoms with Gasteiger partial charge in [0.25, 0.3) is 0 Å². The zero-order valence-corrected chi connectivity index (χ0v) is 7.25. The molecule has 0 fully saturated rings. The Kier molecular flexibility index (Phi) is 2.96. The summed E-state index contributed by atoms with van der Waals surface area (Å²) in [5, 5.41) is 9.60. The lowest BCUT2D eigenvalue weighted by Gasteiger charge is -2.04. The fourth-order valence-corrected chi connectivity index (χ4v) is 0.995. The van der Waals surface area contributed by atoms with Gasteiger partial charge in [-0.05, 0) is 12.1 Å². The largest absolute Gasteiger partial charge is 0.386 e.